The predicted octanol–water partition coefficient (Wildman–Crippen LogP) is 2.11. The van der Waals surface area contributed by atoms with Crippen molar-refractivity contribution >= 4 is 22.9 Å². The van der Waals surface area contributed by atoms with Gasteiger partial charge in [0.1, 0.15) is 10.8 Å². The van der Waals surface area contributed by atoms with Gasteiger partial charge in [-0.2, -0.15) is 0 Å². The zero-order valence-corrected chi connectivity index (χ0v) is 11.6. The summed E-state index contributed by atoms with van der Waals surface area (Å²) in [6.07, 6.45) is 1.09. The lowest BCUT2D eigenvalue weighted by Gasteiger charge is -2.09. The molecule has 104 valence electrons. The third-order valence-electron chi connectivity index (χ3n) is 3.11. The molecule has 3 rings (SSSR count). The van der Waals surface area contributed by atoms with Crippen LogP contribution in [0.2, 0.25) is 0 Å². The molecule has 2 aromatic rings. The largest absolute Gasteiger partial charge is 0.323 e. The summed E-state index contributed by atoms with van der Waals surface area (Å²) in [6, 6.07) is 6.15. The highest BCUT2D eigenvalue weighted by atomic mass is 32.1. The Morgan fingerprint density at radius 2 is 2.30 bits per heavy atom. The Morgan fingerprint density at radius 1 is 1.45 bits per heavy atom. The topological polar surface area (TPSA) is 54.0 Å². The van der Waals surface area contributed by atoms with Gasteiger partial charge in [-0.25, -0.2) is 9.37 Å². The van der Waals surface area contributed by atoms with Gasteiger partial charge >= 0.3 is 0 Å². The summed E-state index contributed by atoms with van der Waals surface area (Å²) in [5, 5.41) is 6.64. The summed E-state index contributed by atoms with van der Waals surface area (Å²) in [6.45, 7) is 1.75. The van der Waals surface area contributed by atoms with E-state index in [0.29, 0.717) is 0 Å². The van der Waals surface area contributed by atoms with Crippen molar-refractivity contribution in [1.29, 1.82) is 0 Å². The Hall–Kier alpha value is -1.79. The van der Waals surface area contributed by atoms with E-state index in [1.54, 1.807) is 29.5 Å². The second kappa shape index (κ2) is 5.68. The van der Waals surface area contributed by atoms with Crippen LogP contribution in [0.3, 0.4) is 0 Å². The van der Waals surface area contributed by atoms with E-state index in [-0.39, 0.29) is 18.0 Å². The Kier molecular flexibility index (Phi) is 3.75. The predicted molar refractivity (Wildman–Crippen MR) is 76.3 cm³/mol. The molecule has 0 bridgehead atoms. The van der Waals surface area contributed by atoms with Gasteiger partial charge in [0, 0.05) is 24.4 Å². The Balaban J connectivity index is 1.67. The molecule has 1 aromatic carbocycles. The standard InChI is InChI=1S/C14H14FN3OS/c15-9-3-1-2-4-10(9)17-13(19)7-14-18-11-5-6-16-8-12(11)20-14/h1-4,16H,5-8H2,(H,17,19). The van der Waals surface area contributed by atoms with Crippen molar-refractivity contribution < 1.29 is 9.18 Å². The second-order valence-electron chi connectivity index (χ2n) is 4.61. The van der Waals surface area contributed by atoms with Crippen molar-refractivity contribution in [2.75, 3.05) is 11.9 Å². The third kappa shape index (κ3) is 2.86. The average Bonchev–Trinajstić information content (AvgIpc) is 2.83. The molecular formula is C14H14FN3OS. The molecule has 1 aliphatic heterocycles. The second-order valence-corrected chi connectivity index (χ2v) is 5.78. The number of thiazole rings is 1. The van der Waals surface area contributed by atoms with Gasteiger partial charge in [0.15, 0.2) is 0 Å². The van der Waals surface area contributed by atoms with E-state index in [0.717, 1.165) is 30.2 Å². The van der Waals surface area contributed by atoms with Crippen LogP contribution in [0.1, 0.15) is 15.6 Å². The summed E-state index contributed by atoms with van der Waals surface area (Å²) < 4.78 is 13.4. The highest BCUT2D eigenvalue weighted by Crippen LogP contribution is 2.22. The number of para-hydroxylation sites is 1. The molecule has 0 atom stereocenters. The zero-order valence-electron chi connectivity index (χ0n) is 10.8. The van der Waals surface area contributed by atoms with Crippen molar-refractivity contribution in [3.05, 3.63) is 45.7 Å². The maximum atomic E-state index is 13.4. The number of benzene rings is 1. The summed E-state index contributed by atoms with van der Waals surface area (Å²) in [4.78, 5) is 17.6. The molecule has 1 amide bonds. The third-order valence-corrected chi connectivity index (χ3v) is 4.20. The SMILES string of the molecule is O=C(Cc1nc2c(s1)CNCC2)Nc1ccccc1F. The maximum Gasteiger partial charge on any atom is 0.231 e. The molecule has 1 aromatic heterocycles. The lowest BCUT2D eigenvalue weighted by Crippen LogP contribution is -2.22. The number of carbonyl (C=O) groups excluding carboxylic acids is 1. The average molecular weight is 291 g/mol. The number of nitrogens with zero attached hydrogens (tertiary/aromatic N) is 1. The lowest BCUT2D eigenvalue weighted by atomic mass is 10.2. The minimum absolute atomic E-state index is 0.187. The fraction of sp³-hybridized carbons (Fsp3) is 0.286. The number of halogens is 1. The van der Waals surface area contributed by atoms with Crippen LogP contribution in [0.25, 0.3) is 0 Å². The molecule has 0 spiro atoms. The molecule has 0 aliphatic carbocycles. The van der Waals surface area contributed by atoms with E-state index >= 15 is 0 Å². The van der Waals surface area contributed by atoms with Crippen LogP contribution in [-0.2, 0) is 24.2 Å². The van der Waals surface area contributed by atoms with Gasteiger partial charge in [-0.3, -0.25) is 4.79 Å². The first-order valence-electron chi connectivity index (χ1n) is 6.45. The summed E-state index contributed by atoms with van der Waals surface area (Å²) >= 11 is 1.55. The van der Waals surface area contributed by atoms with Crippen LogP contribution < -0.4 is 10.6 Å². The normalized spacial score (nSPS) is 13.8. The molecule has 2 N–H and O–H groups in total. The summed E-state index contributed by atoms with van der Waals surface area (Å²) in [5.41, 5.74) is 1.29. The van der Waals surface area contributed by atoms with Gasteiger partial charge < -0.3 is 10.6 Å². The monoisotopic (exact) mass is 291 g/mol. The van der Waals surface area contributed by atoms with E-state index in [2.05, 4.69) is 15.6 Å². The fourth-order valence-electron chi connectivity index (χ4n) is 2.15. The van der Waals surface area contributed by atoms with E-state index in [4.69, 9.17) is 0 Å². The van der Waals surface area contributed by atoms with Crippen LogP contribution in [-0.4, -0.2) is 17.4 Å². The van der Waals surface area contributed by atoms with Gasteiger partial charge in [0.05, 0.1) is 17.8 Å². The van der Waals surface area contributed by atoms with Crippen LogP contribution in [0, 0.1) is 5.82 Å². The fourth-order valence-corrected chi connectivity index (χ4v) is 3.23. The van der Waals surface area contributed by atoms with Gasteiger partial charge in [-0.1, -0.05) is 12.1 Å². The Bertz CT molecular complexity index is 618. The molecule has 0 fully saturated rings. The first-order chi connectivity index (χ1) is 9.72. The molecular weight excluding hydrogens is 277 g/mol. The Morgan fingerprint density at radius 3 is 3.10 bits per heavy atom. The number of fused-ring (bicyclic) bond motifs is 1. The molecule has 0 saturated heterocycles. The number of nitrogens with one attached hydrogen (secondary N) is 2. The molecule has 0 radical (unpaired) electrons. The molecule has 4 nitrogen and oxygen atoms in total. The van der Waals surface area contributed by atoms with E-state index < -0.39 is 5.82 Å². The minimum Gasteiger partial charge on any atom is -0.323 e. The first kappa shape index (κ1) is 13.2. The zero-order chi connectivity index (χ0) is 13.9. The number of aromatic nitrogens is 1. The van der Waals surface area contributed by atoms with Gasteiger partial charge in [0.25, 0.3) is 0 Å². The van der Waals surface area contributed by atoms with E-state index in [1.165, 1.54) is 10.9 Å². The van der Waals surface area contributed by atoms with Gasteiger partial charge in [0.2, 0.25) is 5.91 Å². The number of carbonyl (C=O) groups is 1. The number of amides is 1. The van der Waals surface area contributed by atoms with Crippen LogP contribution in [0.4, 0.5) is 10.1 Å². The molecule has 0 saturated carbocycles. The maximum absolute atomic E-state index is 13.4. The lowest BCUT2D eigenvalue weighted by molar-refractivity contribution is -0.115. The molecule has 0 unspecified atom stereocenters. The minimum atomic E-state index is -0.427. The number of hydrogen-bond acceptors (Lipinski definition) is 4. The highest BCUT2D eigenvalue weighted by Gasteiger charge is 2.16. The summed E-state index contributed by atoms with van der Waals surface area (Å²) in [5.74, 6) is -0.669. The summed E-state index contributed by atoms with van der Waals surface area (Å²) in [7, 11) is 0. The van der Waals surface area contributed by atoms with Crippen molar-refractivity contribution in [3.63, 3.8) is 0 Å². The number of rotatable bonds is 3. The van der Waals surface area contributed by atoms with Gasteiger partial charge in [-0.05, 0) is 12.1 Å². The van der Waals surface area contributed by atoms with Crippen molar-refractivity contribution in [2.45, 2.75) is 19.4 Å². The number of anilines is 1. The first-order valence-corrected chi connectivity index (χ1v) is 7.26. The van der Waals surface area contributed by atoms with Crippen molar-refractivity contribution in [2.24, 2.45) is 0 Å². The van der Waals surface area contributed by atoms with Crippen molar-refractivity contribution in [1.82, 2.24) is 10.3 Å². The smallest absolute Gasteiger partial charge is 0.231 e. The van der Waals surface area contributed by atoms with E-state index in [1.807, 2.05) is 0 Å². The van der Waals surface area contributed by atoms with Crippen LogP contribution >= 0.6 is 11.3 Å². The van der Waals surface area contributed by atoms with Crippen LogP contribution in [0.15, 0.2) is 24.3 Å². The molecule has 6 heteroatoms. The van der Waals surface area contributed by atoms with E-state index in [9.17, 15) is 9.18 Å². The molecule has 1 aliphatic rings. The highest BCUT2D eigenvalue weighted by molar-refractivity contribution is 7.11. The van der Waals surface area contributed by atoms with Crippen LogP contribution in [0.5, 0.6) is 0 Å². The molecule has 2 heterocycles. The Labute approximate surface area is 120 Å². The number of hydrogen-bond donors (Lipinski definition) is 2. The quantitative estimate of drug-likeness (QED) is 0.910. The van der Waals surface area contributed by atoms with Gasteiger partial charge in [-0.15, -0.1) is 11.3 Å². The van der Waals surface area contributed by atoms with Crippen molar-refractivity contribution in [3.8, 4) is 0 Å². The molecule has 20 heavy (non-hydrogen) atoms.